The lowest BCUT2D eigenvalue weighted by atomic mass is 10.2. The average molecular weight is 494 g/mol. The Bertz CT molecular complexity index is 1380. The SMILES string of the molecule is O=C(OCc1nc2ccccc2s1)c1cccc(S(=O)(=O)N2CCN(c3ccccc3)CC2)c1. The number of rotatable bonds is 6. The Kier molecular flexibility index (Phi) is 6.32. The second-order valence-electron chi connectivity index (χ2n) is 7.91. The Hall–Kier alpha value is -3.27. The van der Waals surface area contributed by atoms with Crippen molar-refractivity contribution in [2.75, 3.05) is 31.1 Å². The van der Waals surface area contributed by atoms with Gasteiger partial charge < -0.3 is 9.64 Å². The number of nitrogens with zero attached hydrogens (tertiary/aromatic N) is 3. The van der Waals surface area contributed by atoms with Crippen LogP contribution >= 0.6 is 11.3 Å². The number of sulfonamides is 1. The van der Waals surface area contributed by atoms with E-state index >= 15 is 0 Å². The van der Waals surface area contributed by atoms with Crippen LogP contribution in [0, 0.1) is 0 Å². The molecule has 9 heteroatoms. The Morgan fingerprint density at radius 1 is 0.912 bits per heavy atom. The van der Waals surface area contributed by atoms with E-state index in [1.807, 2.05) is 54.6 Å². The summed E-state index contributed by atoms with van der Waals surface area (Å²) < 4.78 is 34.4. The molecule has 0 saturated carbocycles. The van der Waals surface area contributed by atoms with Crippen LogP contribution in [0.2, 0.25) is 0 Å². The Labute approximate surface area is 202 Å². The fourth-order valence-electron chi connectivity index (χ4n) is 3.95. The first kappa shape index (κ1) is 22.5. The first-order chi connectivity index (χ1) is 16.5. The Balaban J connectivity index is 1.25. The normalized spacial score (nSPS) is 14.9. The molecule has 0 bridgehead atoms. The number of hydrogen-bond acceptors (Lipinski definition) is 7. The highest BCUT2D eigenvalue weighted by atomic mass is 32.2. The van der Waals surface area contributed by atoms with Crippen molar-refractivity contribution >= 4 is 43.2 Å². The zero-order valence-electron chi connectivity index (χ0n) is 18.3. The standard InChI is InChI=1S/C25H23N3O4S2/c29-25(32-18-24-26-22-11-4-5-12-23(22)33-24)19-7-6-10-21(17-19)34(30,31)28-15-13-27(14-16-28)20-8-2-1-3-9-20/h1-12,17H,13-16,18H2. The van der Waals surface area contributed by atoms with E-state index in [0.717, 1.165) is 15.9 Å². The Morgan fingerprint density at radius 3 is 2.41 bits per heavy atom. The number of carbonyl (C=O) groups excluding carboxylic acids is 1. The molecule has 174 valence electrons. The molecule has 3 aromatic carbocycles. The molecule has 5 rings (SSSR count). The average Bonchev–Trinajstić information content (AvgIpc) is 3.31. The summed E-state index contributed by atoms with van der Waals surface area (Å²) in [7, 11) is -3.72. The van der Waals surface area contributed by atoms with Gasteiger partial charge in [0.15, 0.2) is 0 Å². The lowest BCUT2D eigenvalue weighted by Gasteiger charge is -2.35. The summed E-state index contributed by atoms with van der Waals surface area (Å²) in [5.41, 5.74) is 2.14. The molecular weight excluding hydrogens is 470 g/mol. The van der Waals surface area contributed by atoms with Gasteiger partial charge in [-0.3, -0.25) is 0 Å². The first-order valence-electron chi connectivity index (χ1n) is 10.9. The highest BCUT2D eigenvalue weighted by molar-refractivity contribution is 7.89. The van der Waals surface area contributed by atoms with Crippen LogP contribution < -0.4 is 4.90 Å². The molecule has 1 aliphatic heterocycles. The second-order valence-corrected chi connectivity index (χ2v) is 11.0. The van der Waals surface area contributed by atoms with Crippen molar-refractivity contribution in [3.63, 3.8) is 0 Å². The molecule has 0 atom stereocenters. The molecule has 0 aliphatic carbocycles. The maximum Gasteiger partial charge on any atom is 0.338 e. The Morgan fingerprint density at radius 2 is 1.65 bits per heavy atom. The summed E-state index contributed by atoms with van der Waals surface area (Å²) in [6.07, 6.45) is 0. The van der Waals surface area contributed by atoms with E-state index in [0.29, 0.717) is 31.2 Å². The van der Waals surface area contributed by atoms with Crippen molar-refractivity contribution in [2.24, 2.45) is 0 Å². The van der Waals surface area contributed by atoms with Crippen molar-refractivity contribution in [3.05, 3.63) is 89.4 Å². The first-order valence-corrected chi connectivity index (χ1v) is 13.2. The van der Waals surface area contributed by atoms with E-state index in [-0.39, 0.29) is 17.1 Å². The van der Waals surface area contributed by atoms with Gasteiger partial charge in [-0.05, 0) is 42.5 Å². The molecule has 2 heterocycles. The molecule has 34 heavy (non-hydrogen) atoms. The van der Waals surface area contributed by atoms with Gasteiger partial charge in [-0.15, -0.1) is 11.3 Å². The second kappa shape index (κ2) is 9.54. The fourth-order valence-corrected chi connectivity index (χ4v) is 6.30. The lowest BCUT2D eigenvalue weighted by molar-refractivity contribution is 0.0472. The number of benzene rings is 3. The van der Waals surface area contributed by atoms with Gasteiger partial charge in [0, 0.05) is 31.9 Å². The number of hydrogen-bond donors (Lipinski definition) is 0. The summed E-state index contributed by atoms with van der Waals surface area (Å²) in [4.78, 5) is 19.3. The van der Waals surface area contributed by atoms with Crippen LogP contribution in [0.25, 0.3) is 10.2 Å². The van der Waals surface area contributed by atoms with Crippen LogP contribution in [0.1, 0.15) is 15.4 Å². The van der Waals surface area contributed by atoms with Crippen LogP contribution in [0.4, 0.5) is 5.69 Å². The zero-order chi connectivity index (χ0) is 23.5. The minimum absolute atomic E-state index is 0.0383. The van der Waals surface area contributed by atoms with Gasteiger partial charge in [0.05, 0.1) is 20.7 Å². The van der Waals surface area contributed by atoms with Crippen molar-refractivity contribution < 1.29 is 17.9 Å². The van der Waals surface area contributed by atoms with Gasteiger partial charge in [0.1, 0.15) is 11.6 Å². The quantitative estimate of drug-likeness (QED) is 0.375. The largest absolute Gasteiger partial charge is 0.455 e. The molecule has 1 fully saturated rings. The summed E-state index contributed by atoms with van der Waals surface area (Å²) >= 11 is 1.46. The third-order valence-corrected chi connectivity index (χ3v) is 8.64. The highest BCUT2D eigenvalue weighted by Gasteiger charge is 2.29. The molecular formula is C25H23N3O4S2. The molecule has 4 aromatic rings. The third-order valence-electron chi connectivity index (χ3n) is 5.73. The summed E-state index contributed by atoms with van der Waals surface area (Å²) in [6, 6.07) is 23.7. The number of aromatic nitrogens is 1. The third kappa shape index (κ3) is 4.68. The van der Waals surface area contributed by atoms with Crippen LogP contribution in [-0.2, 0) is 21.4 Å². The minimum atomic E-state index is -3.72. The van der Waals surface area contributed by atoms with E-state index in [4.69, 9.17) is 4.74 Å². The van der Waals surface area contributed by atoms with Crippen molar-refractivity contribution in [3.8, 4) is 0 Å². The van der Waals surface area contributed by atoms with Gasteiger partial charge >= 0.3 is 5.97 Å². The van der Waals surface area contributed by atoms with Crippen molar-refractivity contribution in [1.29, 1.82) is 0 Å². The van der Waals surface area contributed by atoms with E-state index in [1.54, 1.807) is 12.1 Å². The number of fused-ring (bicyclic) bond motifs is 1. The maximum absolute atomic E-state index is 13.2. The predicted octanol–water partition coefficient (Wildman–Crippen LogP) is 4.16. The lowest BCUT2D eigenvalue weighted by Crippen LogP contribution is -2.48. The van der Waals surface area contributed by atoms with E-state index < -0.39 is 16.0 Å². The van der Waals surface area contributed by atoms with Crippen LogP contribution in [0.5, 0.6) is 0 Å². The van der Waals surface area contributed by atoms with E-state index in [1.165, 1.54) is 27.8 Å². The van der Waals surface area contributed by atoms with E-state index in [2.05, 4.69) is 9.88 Å². The molecule has 0 radical (unpaired) electrons. The number of anilines is 1. The molecule has 0 unspecified atom stereocenters. The number of ether oxygens (including phenoxy) is 1. The highest BCUT2D eigenvalue weighted by Crippen LogP contribution is 2.24. The molecule has 7 nitrogen and oxygen atoms in total. The smallest absolute Gasteiger partial charge is 0.338 e. The molecule has 0 N–H and O–H groups in total. The molecule has 0 spiro atoms. The predicted molar refractivity (Wildman–Crippen MR) is 133 cm³/mol. The van der Waals surface area contributed by atoms with Crippen LogP contribution in [0.3, 0.4) is 0 Å². The summed E-state index contributed by atoms with van der Waals surface area (Å²) in [6.45, 7) is 2.00. The van der Waals surface area contributed by atoms with Gasteiger partial charge in [0.2, 0.25) is 10.0 Å². The molecule has 1 aromatic heterocycles. The molecule has 1 saturated heterocycles. The number of para-hydroxylation sites is 2. The van der Waals surface area contributed by atoms with Crippen LogP contribution in [-0.4, -0.2) is 49.9 Å². The maximum atomic E-state index is 13.2. The molecule has 0 amide bonds. The number of thiazole rings is 1. The van der Waals surface area contributed by atoms with Crippen LogP contribution in [0.15, 0.2) is 83.8 Å². The topological polar surface area (TPSA) is 79.8 Å². The van der Waals surface area contributed by atoms with Crippen molar-refractivity contribution in [2.45, 2.75) is 11.5 Å². The van der Waals surface area contributed by atoms with Gasteiger partial charge in [0.25, 0.3) is 0 Å². The van der Waals surface area contributed by atoms with Gasteiger partial charge in [-0.1, -0.05) is 36.4 Å². The minimum Gasteiger partial charge on any atom is -0.455 e. The fraction of sp³-hybridized carbons (Fsp3) is 0.200. The summed E-state index contributed by atoms with van der Waals surface area (Å²) in [5, 5.41) is 0.689. The number of esters is 1. The monoisotopic (exact) mass is 493 g/mol. The zero-order valence-corrected chi connectivity index (χ0v) is 20.0. The van der Waals surface area contributed by atoms with Gasteiger partial charge in [-0.2, -0.15) is 4.31 Å². The number of piperazine rings is 1. The molecule has 1 aliphatic rings. The summed E-state index contributed by atoms with van der Waals surface area (Å²) in [5.74, 6) is -0.579. The van der Waals surface area contributed by atoms with Crippen molar-refractivity contribution in [1.82, 2.24) is 9.29 Å². The van der Waals surface area contributed by atoms with Gasteiger partial charge in [-0.25, -0.2) is 18.2 Å². The van der Waals surface area contributed by atoms with E-state index in [9.17, 15) is 13.2 Å². The number of carbonyl (C=O) groups is 1.